The molecule has 98 valence electrons. The number of nitrogens with zero attached hydrogens (tertiary/aromatic N) is 3. The topological polar surface area (TPSA) is 29.0 Å². The van der Waals surface area contributed by atoms with Crippen LogP contribution in [0, 0.1) is 5.41 Å². The number of rotatable bonds is 1. The van der Waals surface area contributed by atoms with Crippen molar-refractivity contribution in [3.05, 3.63) is 29.0 Å². The quantitative estimate of drug-likeness (QED) is 0.801. The number of aromatic nitrogens is 2. The van der Waals surface area contributed by atoms with E-state index in [1.807, 2.05) is 6.07 Å². The number of piperidine rings is 1. The summed E-state index contributed by atoms with van der Waals surface area (Å²) in [6.45, 7) is 2.30. The van der Waals surface area contributed by atoms with E-state index in [9.17, 15) is 0 Å². The van der Waals surface area contributed by atoms with Gasteiger partial charge >= 0.3 is 0 Å². The highest BCUT2D eigenvalue weighted by molar-refractivity contribution is 9.10. The van der Waals surface area contributed by atoms with Crippen LogP contribution in [0.25, 0.3) is 10.9 Å². The van der Waals surface area contributed by atoms with Crippen molar-refractivity contribution >= 4 is 32.7 Å². The maximum atomic E-state index is 4.56. The van der Waals surface area contributed by atoms with Crippen LogP contribution >= 0.6 is 15.9 Å². The molecule has 1 aliphatic heterocycles. The van der Waals surface area contributed by atoms with Gasteiger partial charge in [-0.2, -0.15) is 0 Å². The van der Waals surface area contributed by atoms with Crippen molar-refractivity contribution in [2.45, 2.75) is 25.7 Å². The molecule has 0 N–H and O–H groups in total. The van der Waals surface area contributed by atoms with E-state index in [4.69, 9.17) is 0 Å². The minimum absolute atomic E-state index is 0.613. The summed E-state index contributed by atoms with van der Waals surface area (Å²) in [5.41, 5.74) is 1.64. The zero-order chi connectivity index (χ0) is 12.9. The fourth-order valence-corrected chi connectivity index (χ4v) is 3.60. The second kappa shape index (κ2) is 4.17. The van der Waals surface area contributed by atoms with Gasteiger partial charge in [0, 0.05) is 22.9 Å². The highest BCUT2D eigenvalue weighted by Crippen LogP contribution is 2.52. The summed E-state index contributed by atoms with van der Waals surface area (Å²) < 4.78 is 1.09. The molecule has 4 heteroatoms. The molecule has 1 spiro atoms. The molecule has 2 aromatic rings. The second-order valence-electron chi connectivity index (χ2n) is 5.88. The van der Waals surface area contributed by atoms with Crippen LogP contribution in [0.5, 0.6) is 0 Å². The first-order valence-corrected chi connectivity index (χ1v) is 7.70. The molecule has 3 nitrogen and oxygen atoms in total. The fraction of sp³-hybridized carbons (Fsp3) is 0.467. The average molecular weight is 318 g/mol. The van der Waals surface area contributed by atoms with Gasteiger partial charge in [-0.3, -0.25) is 0 Å². The van der Waals surface area contributed by atoms with Crippen LogP contribution in [0.15, 0.2) is 29.0 Å². The van der Waals surface area contributed by atoms with E-state index in [0.717, 1.165) is 27.7 Å². The van der Waals surface area contributed by atoms with Gasteiger partial charge in [-0.05, 0) is 49.3 Å². The summed E-state index contributed by atoms with van der Waals surface area (Å²) in [6, 6.07) is 6.23. The van der Waals surface area contributed by atoms with E-state index in [1.54, 1.807) is 6.33 Å². The molecule has 4 rings (SSSR count). The van der Waals surface area contributed by atoms with E-state index in [0.29, 0.717) is 5.41 Å². The molecule has 2 fully saturated rings. The van der Waals surface area contributed by atoms with E-state index >= 15 is 0 Å². The van der Waals surface area contributed by atoms with Crippen LogP contribution in [0.4, 0.5) is 5.82 Å². The molecule has 1 saturated carbocycles. The van der Waals surface area contributed by atoms with E-state index in [2.05, 4.69) is 42.9 Å². The monoisotopic (exact) mass is 317 g/mol. The van der Waals surface area contributed by atoms with Gasteiger partial charge in [0.1, 0.15) is 12.1 Å². The normalized spacial score (nSPS) is 21.0. The number of benzene rings is 1. The minimum atomic E-state index is 0.613. The Morgan fingerprint density at radius 1 is 1.16 bits per heavy atom. The Morgan fingerprint density at radius 2 is 2.05 bits per heavy atom. The van der Waals surface area contributed by atoms with Crippen LogP contribution in [-0.2, 0) is 0 Å². The molecule has 1 aliphatic carbocycles. The van der Waals surface area contributed by atoms with Gasteiger partial charge in [0.25, 0.3) is 0 Å². The molecule has 1 aromatic heterocycles. The predicted octanol–water partition coefficient (Wildman–Crippen LogP) is 3.77. The molecular weight excluding hydrogens is 302 g/mol. The van der Waals surface area contributed by atoms with E-state index in [1.165, 1.54) is 32.2 Å². The third kappa shape index (κ3) is 2.02. The Kier molecular flexibility index (Phi) is 2.56. The lowest BCUT2D eigenvalue weighted by Gasteiger charge is -2.34. The van der Waals surface area contributed by atoms with Crippen molar-refractivity contribution in [2.75, 3.05) is 18.0 Å². The third-order valence-corrected chi connectivity index (χ3v) is 4.99. The largest absolute Gasteiger partial charge is 0.355 e. The van der Waals surface area contributed by atoms with Crippen molar-refractivity contribution in [1.29, 1.82) is 0 Å². The van der Waals surface area contributed by atoms with Crippen LogP contribution in [0.2, 0.25) is 0 Å². The van der Waals surface area contributed by atoms with E-state index < -0.39 is 0 Å². The molecule has 2 aliphatic rings. The zero-order valence-electron chi connectivity index (χ0n) is 10.8. The van der Waals surface area contributed by atoms with Crippen molar-refractivity contribution in [3.63, 3.8) is 0 Å². The molecule has 0 atom stereocenters. The smallest absolute Gasteiger partial charge is 0.139 e. The average Bonchev–Trinajstić information content (AvgIpc) is 3.17. The highest BCUT2D eigenvalue weighted by Gasteiger charge is 2.45. The van der Waals surface area contributed by atoms with Gasteiger partial charge in [0.05, 0.1) is 5.52 Å². The first-order chi connectivity index (χ1) is 9.26. The van der Waals surface area contributed by atoms with Gasteiger partial charge in [-0.1, -0.05) is 15.9 Å². The first-order valence-electron chi connectivity index (χ1n) is 6.91. The van der Waals surface area contributed by atoms with Gasteiger partial charge < -0.3 is 4.90 Å². The Balaban J connectivity index is 1.79. The fourth-order valence-electron chi connectivity index (χ4n) is 3.24. The second-order valence-corrected chi connectivity index (χ2v) is 6.80. The van der Waals surface area contributed by atoms with Crippen molar-refractivity contribution in [3.8, 4) is 0 Å². The SMILES string of the molecule is Brc1ccc2ncnc(N3CCCC4(CC4)C3)c2c1. The number of anilines is 1. The van der Waals surface area contributed by atoms with Crippen molar-refractivity contribution in [1.82, 2.24) is 9.97 Å². The molecule has 0 radical (unpaired) electrons. The van der Waals surface area contributed by atoms with Crippen LogP contribution in [0.3, 0.4) is 0 Å². The van der Waals surface area contributed by atoms with Crippen molar-refractivity contribution < 1.29 is 0 Å². The van der Waals surface area contributed by atoms with Gasteiger partial charge in [-0.25, -0.2) is 9.97 Å². The Labute approximate surface area is 121 Å². The van der Waals surface area contributed by atoms with Gasteiger partial charge in [0.2, 0.25) is 0 Å². The zero-order valence-corrected chi connectivity index (χ0v) is 12.4. The van der Waals surface area contributed by atoms with Gasteiger partial charge in [0.15, 0.2) is 0 Å². The summed E-state index contributed by atoms with van der Waals surface area (Å²) in [5.74, 6) is 1.11. The summed E-state index contributed by atoms with van der Waals surface area (Å²) in [4.78, 5) is 11.4. The molecule has 1 aromatic carbocycles. The molecule has 2 heterocycles. The summed E-state index contributed by atoms with van der Waals surface area (Å²) in [6.07, 6.45) is 7.18. The maximum absolute atomic E-state index is 4.56. The Hall–Kier alpha value is -1.16. The lowest BCUT2D eigenvalue weighted by atomic mass is 9.95. The molecule has 0 bridgehead atoms. The van der Waals surface area contributed by atoms with E-state index in [-0.39, 0.29) is 0 Å². The lowest BCUT2D eigenvalue weighted by Crippen LogP contribution is -2.37. The lowest BCUT2D eigenvalue weighted by molar-refractivity contribution is 0.394. The van der Waals surface area contributed by atoms with Crippen molar-refractivity contribution in [2.24, 2.45) is 5.41 Å². The first kappa shape index (κ1) is 11.6. The van der Waals surface area contributed by atoms with Crippen LogP contribution < -0.4 is 4.90 Å². The Morgan fingerprint density at radius 3 is 2.89 bits per heavy atom. The van der Waals surface area contributed by atoms with Gasteiger partial charge in [-0.15, -0.1) is 0 Å². The molecule has 1 saturated heterocycles. The summed E-state index contributed by atoms with van der Waals surface area (Å²) in [7, 11) is 0. The summed E-state index contributed by atoms with van der Waals surface area (Å²) in [5, 5.41) is 1.16. The molecule has 0 unspecified atom stereocenters. The molecular formula is C15H16BrN3. The third-order valence-electron chi connectivity index (χ3n) is 4.49. The number of fused-ring (bicyclic) bond motifs is 1. The Bertz CT molecular complexity index is 636. The minimum Gasteiger partial charge on any atom is -0.355 e. The highest BCUT2D eigenvalue weighted by atomic mass is 79.9. The van der Waals surface area contributed by atoms with Crippen LogP contribution in [0.1, 0.15) is 25.7 Å². The summed E-state index contributed by atoms with van der Waals surface area (Å²) >= 11 is 3.55. The maximum Gasteiger partial charge on any atom is 0.139 e. The predicted molar refractivity (Wildman–Crippen MR) is 80.4 cm³/mol. The number of hydrogen-bond acceptors (Lipinski definition) is 3. The molecule has 0 amide bonds. The number of halogens is 1. The van der Waals surface area contributed by atoms with Crippen LogP contribution in [-0.4, -0.2) is 23.1 Å². The molecule has 19 heavy (non-hydrogen) atoms. The standard InChI is InChI=1S/C15H16BrN3/c16-11-2-3-13-12(8-11)14(18-10-17-13)19-7-1-4-15(9-19)5-6-15/h2-3,8,10H,1,4-7,9H2. The number of hydrogen-bond donors (Lipinski definition) is 0.